The lowest BCUT2D eigenvalue weighted by Gasteiger charge is -2.24. The molecule has 0 bridgehead atoms. The summed E-state index contributed by atoms with van der Waals surface area (Å²) in [6.07, 6.45) is 0. The summed E-state index contributed by atoms with van der Waals surface area (Å²) < 4.78 is 10.4. The number of benzene rings is 1. The van der Waals surface area contributed by atoms with Gasteiger partial charge in [-0.2, -0.15) is 0 Å². The van der Waals surface area contributed by atoms with Gasteiger partial charge in [-0.15, -0.1) is 0 Å². The minimum absolute atomic E-state index is 0.446. The van der Waals surface area contributed by atoms with Gasteiger partial charge in [-0.05, 0) is 13.8 Å². The molecule has 0 unspecified atom stereocenters. The molecule has 1 aromatic carbocycles. The molecule has 3 nitrogen and oxygen atoms in total. The van der Waals surface area contributed by atoms with Gasteiger partial charge in [0.05, 0.1) is 14.2 Å². The van der Waals surface area contributed by atoms with Crippen LogP contribution in [0.4, 0.5) is 5.69 Å². The number of ether oxygens (including phenoxy) is 2. The number of nitrogens with zero attached hydrogens (tertiary/aromatic N) is 1. The smallest absolute Gasteiger partial charge is 0.124 e. The van der Waals surface area contributed by atoms with Gasteiger partial charge >= 0.3 is 0 Å². The number of hydrogen-bond donors (Lipinski definition) is 0. The van der Waals surface area contributed by atoms with Crippen molar-refractivity contribution in [3.8, 4) is 11.5 Å². The molecule has 0 aliphatic rings. The zero-order valence-corrected chi connectivity index (χ0v) is 10.1. The van der Waals surface area contributed by atoms with E-state index in [1.54, 1.807) is 14.2 Å². The minimum Gasteiger partial charge on any atom is -0.497 e. The minimum atomic E-state index is 0.446. The second kappa shape index (κ2) is 4.91. The van der Waals surface area contributed by atoms with Crippen LogP contribution in [0.3, 0.4) is 0 Å². The van der Waals surface area contributed by atoms with E-state index in [1.807, 2.05) is 18.2 Å². The Morgan fingerprint density at radius 1 is 1.00 bits per heavy atom. The number of hydrogen-bond acceptors (Lipinski definition) is 3. The Labute approximate surface area is 91.6 Å². The van der Waals surface area contributed by atoms with Crippen LogP contribution in [0.2, 0.25) is 0 Å². The van der Waals surface area contributed by atoms with E-state index in [0.717, 1.165) is 17.2 Å². The van der Waals surface area contributed by atoms with Crippen molar-refractivity contribution in [1.29, 1.82) is 0 Å². The Morgan fingerprint density at radius 3 is 1.80 bits per heavy atom. The summed E-state index contributed by atoms with van der Waals surface area (Å²) >= 11 is 0. The van der Waals surface area contributed by atoms with E-state index in [0.29, 0.717) is 6.04 Å². The molecule has 0 aromatic heterocycles. The lowest BCUT2D eigenvalue weighted by molar-refractivity contribution is 0.394. The van der Waals surface area contributed by atoms with Crippen LogP contribution in [0.5, 0.6) is 11.5 Å². The van der Waals surface area contributed by atoms with Crippen LogP contribution in [-0.4, -0.2) is 27.3 Å². The normalized spacial score (nSPS) is 10.3. The largest absolute Gasteiger partial charge is 0.497 e. The lowest BCUT2D eigenvalue weighted by Crippen LogP contribution is -2.25. The van der Waals surface area contributed by atoms with Crippen molar-refractivity contribution >= 4 is 5.69 Å². The fourth-order valence-corrected chi connectivity index (χ4v) is 1.29. The third kappa shape index (κ3) is 2.78. The average Bonchev–Trinajstić information content (AvgIpc) is 2.27. The summed E-state index contributed by atoms with van der Waals surface area (Å²) in [5, 5.41) is 0. The molecule has 0 amide bonds. The lowest BCUT2D eigenvalue weighted by atomic mass is 10.2. The molecular formula is C12H19NO2. The first-order valence-electron chi connectivity index (χ1n) is 5.04. The fraction of sp³-hybridized carbons (Fsp3) is 0.500. The summed E-state index contributed by atoms with van der Waals surface area (Å²) in [6.45, 7) is 4.29. The molecule has 84 valence electrons. The molecule has 0 fully saturated rings. The second-order valence-electron chi connectivity index (χ2n) is 3.78. The van der Waals surface area contributed by atoms with Crippen molar-refractivity contribution in [2.24, 2.45) is 0 Å². The predicted octanol–water partition coefficient (Wildman–Crippen LogP) is 2.55. The number of anilines is 1. The molecule has 0 saturated heterocycles. The molecule has 0 aliphatic heterocycles. The summed E-state index contributed by atoms with van der Waals surface area (Å²) in [5.74, 6) is 1.63. The van der Waals surface area contributed by atoms with Gasteiger partial charge in [0, 0.05) is 37.0 Å². The highest BCUT2D eigenvalue weighted by Crippen LogP contribution is 2.28. The van der Waals surface area contributed by atoms with Gasteiger partial charge in [0.1, 0.15) is 11.5 Å². The predicted molar refractivity (Wildman–Crippen MR) is 63.1 cm³/mol. The van der Waals surface area contributed by atoms with E-state index in [-0.39, 0.29) is 0 Å². The van der Waals surface area contributed by atoms with Crippen molar-refractivity contribution in [3.63, 3.8) is 0 Å². The fourth-order valence-electron chi connectivity index (χ4n) is 1.29. The van der Waals surface area contributed by atoms with E-state index < -0.39 is 0 Å². The molecular weight excluding hydrogens is 190 g/mol. The van der Waals surface area contributed by atoms with E-state index in [4.69, 9.17) is 9.47 Å². The van der Waals surface area contributed by atoms with E-state index in [9.17, 15) is 0 Å². The molecule has 15 heavy (non-hydrogen) atoms. The van der Waals surface area contributed by atoms with Crippen molar-refractivity contribution < 1.29 is 9.47 Å². The first-order chi connectivity index (χ1) is 7.08. The summed E-state index contributed by atoms with van der Waals surface area (Å²) in [6, 6.07) is 6.32. The highest BCUT2D eigenvalue weighted by molar-refractivity contribution is 5.55. The van der Waals surface area contributed by atoms with Gasteiger partial charge in [0.25, 0.3) is 0 Å². The maximum absolute atomic E-state index is 5.22. The SMILES string of the molecule is COc1cc(OC)cc(N(C)C(C)C)c1. The van der Waals surface area contributed by atoms with Gasteiger partial charge < -0.3 is 14.4 Å². The number of methoxy groups -OCH3 is 2. The highest BCUT2D eigenvalue weighted by Gasteiger charge is 2.08. The average molecular weight is 209 g/mol. The Bertz CT molecular complexity index is 301. The molecule has 1 aromatic rings. The van der Waals surface area contributed by atoms with E-state index in [1.165, 1.54) is 0 Å². The zero-order chi connectivity index (χ0) is 11.4. The maximum atomic E-state index is 5.22. The monoisotopic (exact) mass is 209 g/mol. The molecule has 0 atom stereocenters. The van der Waals surface area contributed by atoms with Gasteiger partial charge in [0.15, 0.2) is 0 Å². The summed E-state index contributed by atoms with van der Waals surface area (Å²) in [7, 11) is 5.38. The summed E-state index contributed by atoms with van der Waals surface area (Å²) in [4.78, 5) is 2.17. The van der Waals surface area contributed by atoms with Crippen molar-refractivity contribution in [2.75, 3.05) is 26.2 Å². The summed E-state index contributed by atoms with van der Waals surface area (Å²) in [5.41, 5.74) is 1.10. The topological polar surface area (TPSA) is 21.7 Å². The van der Waals surface area contributed by atoms with Crippen LogP contribution in [-0.2, 0) is 0 Å². The van der Waals surface area contributed by atoms with Crippen LogP contribution in [0, 0.1) is 0 Å². The quantitative estimate of drug-likeness (QED) is 0.760. The Kier molecular flexibility index (Phi) is 3.83. The van der Waals surface area contributed by atoms with Gasteiger partial charge in [-0.3, -0.25) is 0 Å². The van der Waals surface area contributed by atoms with Crippen LogP contribution >= 0.6 is 0 Å². The van der Waals surface area contributed by atoms with E-state index in [2.05, 4.69) is 25.8 Å². The Hall–Kier alpha value is -1.38. The van der Waals surface area contributed by atoms with Gasteiger partial charge in [-0.25, -0.2) is 0 Å². The highest BCUT2D eigenvalue weighted by atomic mass is 16.5. The van der Waals surface area contributed by atoms with E-state index >= 15 is 0 Å². The molecule has 0 radical (unpaired) electrons. The van der Waals surface area contributed by atoms with Crippen LogP contribution in [0.25, 0.3) is 0 Å². The van der Waals surface area contributed by atoms with Gasteiger partial charge in [0.2, 0.25) is 0 Å². The Morgan fingerprint density at radius 2 is 1.47 bits per heavy atom. The van der Waals surface area contributed by atoms with Crippen molar-refractivity contribution in [3.05, 3.63) is 18.2 Å². The molecule has 0 N–H and O–H groups in total. The van der Waals surface area contributed by atoms with Crippen molar-refractivity contribution in [1.82, 2.24) is 0 Å². The number of rotatable bonds is 4. The molecule has 0 aliphatic carbocycles. The molecule has 0 saturated carbocycles. The first kappa shape index (κ1) is 11.7. The van der Waals surface area contributed by atoms with Crippen LogP contribution < -0.4 is 14.4 Å². The molecule has 0 heterocycles. The van der Waals surface area contributed by atoms with Crippen LogP contribution in [0.15, 0.2) is 18.2 Å². The third-order valence-electron chi connectivity index (χ3n) is 2.52. The molecule has 1 rings (SSSR count). The second-order valence-corrected chi connectivity index (χ2v) is 3.78. The maximum Gasteiger partial charge on any atom is 0.124 e. The standard InChI is InChI=1S/C12H19NO2/c1-9(2)13(3)10-6-11(14-4)8-12(7-10)15-5/h6-9H,1-5H3. The first-order valence-corrected chi connectivity index (χ1v) is 5.04. The molecule has 3 heteroatoms. The van der Waals surface area contributed by atoms with Gasteiger partial charge in [-0.1, -0.05) is 0 Å². The third-order valence-corrected chi connectivity index (χ3v) is 2.52. The van der Waals surface area contributed by atoms with Crippen LogP contribution in [0.1, 0.15) is 13.8 Å². The Balaban J connectivity index is 3.06. The zero-order valence-electron chi connectivity index (χ0n) is 10.1. The molecule has 0 spiro atoms. The van der Waals surface area contributed by atoms with Crippen molar-refractivity contribution in [2.45, 2.75) is 19.9 Å².